The van der Waals surface area contributed by atoms with Gasteiger partial charge in [-0.1, -0.05) is 63.9 Å². The van der Waals surface area contributed by atoms with Crippen LogP contribution in [-0.2, 0) is 4.79 Å². The van der Waals surface area contributed by atoms with Crippen molar-refractivity contribution in [3.63, 3.8) is 0 Å². The minimum atomic E-state index is 0.0835. The highest BCUT2D eigenvalue weighted by Gasteiger charge is 2.31. The third kappa shape index (κ3) is 6.32. The Morgan fingerprint density at radius 2 is 1.83 bits per heavy atom. The van der Waals surface area contributed by atoms with Crippen LogP contribution in [0.5, 0.6) is 0 Å². The first-order valence-corrected chi connectivity index (χ1v) is 14.0. The molecule has 1 N–H and O–H groups in total. The van der Waals surface area contributed by atoms with Gasteiger partial charge in [0, 0.05) is 30.5 Å². The summed E-state index contributed by atoms with van der Waals surface area (Å²) in [6, 6.07) is 11.6. The molecule has 2 aliphatic rings. The lowest BCUT2D eigenvalue weighted by Gasteiger charge is -2.31. The fraction of sp³-hybridized carbons (Fsp3) is 0.690. The zero-order valence-corrected chi connectivity index (χ0v) is 22.2. The first-order chi connectivity index (χ1) is 17.0. The smallest absolute Gasteiger partial charge is 0.223 e. The first kappa shape index (κ1) is 25.9. The third-order valence-corrected chi connectivity index (χ3v) is 8.24. The van der Waals surface area contributed by atoms with E-state index in [2.05, 4.69) is 83.0 Å². The maximum atomic E-state index is 13.0. The highest BCUT2D eigenvalue weighted by molar-refractivity contribution is 5.79. The van der Waals surface area contributed by atoms with Crippen LogP contribution in [-0.4, -0.2) is 44.7 Å². The van der Waals surface area contributed by atoms with Crippen molar-refractivity contribution in [2.45, 2.75) is 110 Å². The quantitative estimate of drug-likeness (QED) is 0.432. The van der Waals surface area contributed by atoms with Gasteiger partial charge in [-0.3, -0.25) is 4.79 Å². The molecule has 1 aliphatic heterocycles. The average Bonchev–Trinajstić information content (AvgIpc) is 3.62. The van der Waals surface area contributed by atoms with Gasteiger partial charge in [0.2, 0.25) is 5.91 Å². The molecule has 0 radical (unpaired) electrons. The molecule has 1 aliphatic carbocycles. The lowest BCUT2D eigenvalue weighted by molar-refractivity contribution is -0.125. The van der Waals surface area contributed by atoms with Crippen LogP contribution in [0.1, 0.15) is 114 Å². The second-order valence-electron chi connectivity index (χ2n) is 11.0. The van der Waals surface area contributed by atoms with Gasteiger partial charge in [-0.25, -0.2) is 0 Å². The highest BCUT2D eigenvalue weighted by atomic mass is 16.1. The molecule has 1 saturated carbocycles. The van der Waals surface area contributed by atoms with Crippen LogP contribution in [0.25, 0.3) is 0 Å². The summed E-state index contributed by atoms with van der Waals surface area (Å²) in [5.74, 6) is 2.97. The Labute approximate surface area is 211 Å². The number of aromatic nitrogens is 3. The van der Waals surface area contributed by atoms with Crippen molar-refractivity contribution in [1.29, 1.82) is 0 Å². The van der Waals surface area contributed by atoms with E-state index in [1.807, 2.05) is 0 Å². The van der Waals surface area contributed by atoms with Crippen molar-refractivity contribution in [1.82, 2.24) is 25.0 Å². The van der Waals surface area contributed by atoms with E-state index in [1.165, 1.54) is 31.2 Å². The summed E-state index contributed by atoms with van der Waals surface area (Å²) in [5, 5.41) is 12.3. The van der Waals surface area contributed by atoms with Gasteiger partial charge >= 0.3 is 0 Å². The third-order valence-electron chi connectivity index (χ3n) is 8.24. The standard InChI is InChI=1S/C29H45N5O/c1-5-25(34-22(4)31-32-28(34)21(2)3)20-26-16-11-18-33(26)19-17-27(23-12-7-6-8-13-23)30-29(35)24-14-9-10-15-24/h6-8,12-13,21,24-27H,5,9-11,14-20H2,1-4H3,(H,30,35). The number of aryl methyl sites for hydroxylation is 1. The maximum absolute atomic E-state index is 13.0. The molecular formula is C29H45N5O. The van der Waals surface area contributed by atoms with Gasteiger partial charge in [0.15, 0.2) is 0 Å². The van der Waals surface area contributed by atoms with Gasteiger partial charge in [0.1, 0.15) is 11.6 Å². The number of likely N-dealkylation sites (tertiary alicyclic amines) is 1. The molecule has 2 aromatic rings. The molecule has 0 bridgehead atoms. The van der Waals surface area contributed by atoms with E-state index in [1.54, 1.807) is 0 Å². The molecule has 1 aromatic carbocycles. The fourth-order valence-electron chi connectivity index (χ4n) is 6.24. The number of carbonyl (C=O) groups is 1. The van der Waals surface area contributed by atoms with Crippen molar-refractivity contribution >= 4 is 5.91 Å². The number of hydrogen-bond donors (Lipinski definition) is 1. The van der Waals surface area contributed by atoms with Gasteiger partial charge in [-0.15, -0.1) is 10.2 Å². The number of carbonyl (C=O) groups excluding carboxylic acids is 1. The lowest BCUT2D eigenvalue weighted by atomic mass is 9.99. The topological polar surface area (TPSA) is 63.1 Å². The zero-order chi connectivity index (χ0) is 24.8. The SMILES string of the molecule is CCC(CC1CCCN1CCC(NC(=O)C1CCCC1)c1ccccc1)n1c(C)nnc1C(C)C. The van der Waals surface area contributed by atoms with Crippen LogP contribution in [0, 0.1) is 12.8 Å². The Bertz CT molecular complexity index is 934. The molecule has 4 rings (SSSR count). The van der Waals surface area contributed by atoms with E-state index in [-0.39, 0.29) is 17.9 Å². The summed E-state index contributed by atoms with van der Waals surface area (Å²) < 4.78 is 2.40. The predicted molar refractivity (Wildman–Crippen MR) is 141 cm³/mol. The van der Waals surface area contributed by atoms with E-state index in [9.17, 15) is 4.79 Å². The van der Waals surface area contributed by atoms with Crippen LogP contribution >= 0.6 is 0 Å². The lowest BCUT2D eigenvalue weighted by Crippen LogP contribution is -2.37. The summed E-state index contributed by atoms with van der Waals surface area (Å²) in [5.41, 5.74) is 1.22. The second kappa shape index (κ2) is 12.2. The summed E-state index contributed by atoms with van der Waals surface area (Å²) >= 11 is 0. The van der Waals surface area contributed by atoms with E-state index >= 15 is 0 Å². The van der Waals surface area contributed by atoms with E-state index in [0.717, 1.165) is 56.8 Å². The Kier molecular flexibility index (Phi) is 8.99. The molecule has 6 nitrogen and oxygen atoms in total. The van der Waals surface area contributed by atoms with Crippen molar-refractivity contribution < 1.29 is 4.79 Å². The number of hydrogen-bond acceptors (Lipinski definition) is 4. The van der Waals surface area contributed by atoms with Crippen LogP contribution in [0.15, 0.2) is 30.3 Å². The Balaban J connectivity index is 1.42. The number of nitrogens with one attached hydrogen (secondary N) is 1. The summed E-state index contributed by atoms with van der Waals surface area (Å²) in [6.45, 7) is 11.0. The van der Waals surface area contributed by atoms with Gasteiger partial charge < -0.3 is 14.8 Å². The first-order valence-electron chi connectivity index (χ1n) is 14.0. The normalized spacial score (nSPS) is 21.0. The molecule has 2 fully saturated rings. The Hall–Kier alpha value is -2.21. The van der Waals surface area contributed by atoms with E-state index in [0.29, 0.717) is 18.0 Å². The van der Waals surface area contributed by atoms with Crippen LogP contribution in [0.3, 0.4) is 0 Å². The predicted octanol–water partition coefficient (Wildman–Crippen LogP) is 5.95. The Morgan fingerprint density at radius 3 is 2.51 bits per heavy atom. The molecule has 35 heavy (non-hydrogen) atoms. The van der Waals surface area contributed by atoms with Gasteiger partial charge in [0.05, 0.1) is 6.04 Å². The van der Waals surface area contributed by atoms with E-state index in [4.69, 9.17) is 0 Å². The minimum Gasteiger partial charge on any atom is -0.349 e. The van der Waals surface area contributed by atoms with Crippen molar-refractivity contribution in [3.8, 4) is 0 Å². The zero-order valence-electron chi connectivity index (χ0n) is 22.2. The van der Waals surface area contributed by atoms with Crippen LogP contribution < -0.4 is 5.32 Å². The molecule has 1 aromatic heterocycles. The second-order valence-corrected chi connectivity index (χ2v) is 11.0. The molecule has 3 atom stereocenters. The molecule has 6 heteroatoms. The van der Waals surface area contributed by atoms with Crippen molar-refractivity contribution in [3.05, 3.63) is 47.5 Å². The maximum Gasteiger partial charge on any atom is 0.223 e. The molecule has 0 spiro atoms. The van der Waals surface area contributed by atoms with Gasteiger partial charge in [-0.05, 0) is 64.0 Å². The van der Waals surface area contributed by atoms with Crippen LogP contribution in [0.2, 0.25) is 0 Å². The Morgan fingerprint density at radius 1 is 1.09 bits per heavy atom. The molecular weight excluding hydrogens is 434 g/mol. The monoisotopic (exact) mass is 479 g/mol. The van der Waals surface area contributed by atoms with Crippen molar-refractivity contribution in [2.24, 2.45) is 5.92 Å². The highest BCUT2D eigenvalue weighted by Crippen LogP contribution is 2.32. The van der Waals surface area contributed by atoms with Crippen molar-refractivity contribution in [2.75, 3.05) is 13.1 Å². The number of amides is 1. The number of benzene rings is 1. The summed E-state index contributed by atoms with van der Waals surface area (Å²) in [4.78, 5) is 15.7. The van der Waals surface area contributed by atoms with E-state index < -0.39 is 0 Å². The number of rotatable bonds is 11. The molecule has 2 heterocycles. The number of nitrogens with zero attached hydrogens (tertiary/aromatic N) is 4. The molecule has 1 saturated heterocycles. The molecule has 1 amide bonds. The van der Waals surface area contributed by atoms with Gasteiger partial charge in [0.25, 0.3) is 0 Å². The summed E-state index contributed by atoms with van der Waals surface area (Å²) in [6.07, 6.45) is 10.1. The van der Waals surface area contributed by atoms with Gasteiger partial charge in [-0.2, -0.15) is 0 Å². The molecule has 3 unspecified atom stereocenters. The van der Waals surface area contributed by atoms with Crippen LogP contribution in [0.4, 0.5) is 0 Å². The minimum absolute atomic E-state index is 0.0835. The average molecular weight is 480 g/mol. The fourth-order valence-corrected chi connectivity index (χ4v) is 6.24. The molecule has 192 valence electrons. The largest absolute Gasteiger partial charge is 0.349 e. The summed E-state index contributed by atoms with van der Waals surface area (Å²) in [7, 11) is 0.